The Kier molecular flexibility index (Phi) is 4.06. The Balaban J connectivity index is 4.00. The number of carbonyl (C=O) groups excluding carboxylic acids is 1. The van der Waals surface area contributed by atoms with Crippen molar-refractivity contribution in [3.05, 3.63) is 23.8 Å². The molecule has 0 aromatic rings. The van der Waals surface area contributed by atoms with Crippen molar-refractivity contribution in [1.29, 1.82) is 0 Å². The van der Waals surface area contributed by atoms with Gasteiger partial charge in [0, 0.05) is 5.57 Å². The predicted molar refractivity (Wildman–Crippen MR) is 39.4 cm³/mol. The average Bonchev–Trinajstić information content (AvgIpc) is 1.82. The molecule has 0 unspecified atom stereocenters. The Morgan fingerprint density at radius 2 is 2.11 bits per heavy atom. The van der Waals surface area contributed by atoms with Gasteiger partial charge in [-0.15, -0.1) is 0 Å². The molecule has 0 aliphatic heterocycles. The van der Waals surface area contributed by atoms with Crippen molar-refractivity contribution in [2.24, 2.45) is 0 Å². The van der Waals surface area contributed by atoms with Crippen molar-refractivity contribution < 1.29 is 4.79 Å². The third kappa shape index (κ3) is 3.98. The largest absolute Gasteiger partial charge is 0.276 e. The summed E-state index contributed by atoms with van der Waals surface area (Å²) in [5.74, 6) is 0. The molecule has 0 aromatic carbocycles. The maximum absolute atomic E-state index is 10.3. The molecule has 2 heteroatoms. The average molecular weight is 145 g/mol. The Bertz CT molecular complexity index is 156. The molecule has 0 amide bonds. The Hall–Kier alpha value is -0.560. The monoisotopic (exact) mass is 144 g/mol. The second-order valence-electron chi connectivity index (χ2n) is 1.65. The molecule has 0 bridgehead atoms. The van der Waals surface area contributed by atoms with Gasteiger partial charge in [-0.05, 0) is 25.4 Å². The van der Waals surface area contributed by atoms with Crippen molar-refractivity contribution >= 4 is 16.8 Å². The van der Waals surface area contributed by atoms with Crippen LogP contribution in [0.1, 0.15) is 13.8 Å². The highest BCUT2D eigenvalue weighted by atomic mass is 35.5. The van der Waals surface area contributed by atoms with Crippen molar-refractivity contribution in [3.8, 4) is 0 Å². The summed E-state index contributed by atoms with van der Waals surface area (Å²) in [4.78, 5) is 10.3. The van der Waals surface area contributed by atoms with E-state index in [9.17, 15) is 4.79 Å². The molecule has 50 valence electrons. The summed E-state index contributed by atoms with van der Waals surface area (Å²) in [5, 5.41) is -0.395. The standard InChI is InChI=1S/C7H9ClO/c1-3-4-5-6(2)7(8)9/h3-5H,1-2H3/b4-3-,6-5+. The zero-order chi connectivity index (χ0) is 7.28. The molecule has 0 rings (SSSR count). The Morgan fingerprint density at radius 3 is 2.44 bits per heavy atom. The van der Waals surface area contributed by atoms with E-state index in [1.807, 2.05) is 13.0 Å². The van der Waals surface area contributed by atoms with Crippen LogP contribution in [0.25, 0.3) is 0 Å². The second kappa shape index (κ2) is 4.33. The van der Waals surface area contributed by atoms with Crippen molar-refractivity contribution in [2.75, 3.05) is 0 Å². The van der Waals surface area contributed by atoms with Crippen LogP contribution in [-0.4, -0.2) is 5.24 Å². The van der Waals surface area contributed by atoms with Crippen LogP contribution in [-0.2, 0) is 4.79 Å². The molecule has 0 atom stereocenters. The lowest BCUT2D eigenvalue weighted by Gasteiger charge is -1.84. The molecule has 0 saturated heterocycles. The molecule has 0 spiro atoms. The van der Waals surface area contributed by atoms with E-state index in [0.717, 1.165) is 0 Å². The summed E-state index contributed by atoms with van der Waals surface area (Å²) >= 11 is 5.12. The molecule has 0 aliphatic rings. The molecule has 0 fully saturated rings. The quantitative estimate of drug-likeness (QED) is 0.330. The first-order chi connectivity index (χ1) is 4.18. The van der Waals surface area contributed by atoms with Gasteiger partial charge in [-0.3, -0.25) is 4.79 Å². The zero-order valence-corrected chi connectivity index (χ0v) is 6.27. The number of halogens is 1. The van der Waals surface area contributed by atoms with Gasteiger partial charge in [0.15, 0.2) is 0 Å². The van der Waals surface area contributed by atoms with Crippen LogP contribution in [0, 0.1) is 0 Å². The van der Waals surface area contributed by atoms with Gasteiger partial charge in [0.05, 0.1) is 0 Å². The highest BCUT2D eigenvalue weighted by Crippen LogP contribution is 1.97. The van der Waals surface area contributed by atoms with Gasteiger partial charge in [0.2, 0.25) is 5.24 Å². The van der Waals surface area contributed by atoms with Crippen LogP contribution in [0.3, 0.4) is 0 Å². The van der Waals surface area contributed by atoms with Crippen LogP contribution in [0.2, 0.25) is 0 Å². The molecule has 1 nitrogen and oxygen atoms in total. The van der Waals surface area contributed by atoms with Crippen LogP contribution in [0.5, 0.6) is 0 Å². The maximum atomic E-state index is 10.3. The summed E-state index contributed by atoms with van der Waals surface area (Å²) in [6.07, 6.45) is 5.29. The van der Waals surface area contributed by atoms with E-state index in [1.54, 1.807) is 19.1 Å². The smallest absolute Gasteiger partial charge is 0.248 e. The molecule has 0 saturated carbocycles. The van der Waals surface area contributed by atoms with E-state index in [0.29, 0.717) is 5.57 Å². The zero-order valence-electron chi connectivity index (χ0n) is 5.52. The Labute approximate surface area is 60.0 Å². The second-order valence-corrected chi connectivity index (χ2v) is 1.99. The molecular formula is C7H9ClO. The first kappa shape index (κ1) is 8.44. The molecule has 0 aliphatic carbocycles. The molecule has 0 N–H and O–H groups in total. The van der Waals surface area contributed by atoms with Gasteiger partial charge in [0.1, 0.15) is 0 Å². The number of hydrogen-bond acceptors (Lipinski definition) is 1. The highest BCUT2D eigenvalue weighted by molar-refractivity contribution is 6.67. The summed E-state index contributed by atoms with van der Waals surface area (Å²) in [6.45, 7) is 3.55. The number of hydrogen-bond donors (Lipinski definition) is 0. The normalized spacial score (nSPS) is 12.6. The molecule has 9 heavy (non-hydrogen) atoms. The van der Waals surface area contributed by atoms with Gasteiger partial charge < -0.3 is 0 Å². The third-order valence-electron chi connectivity index (χ3n) is 0.849. The third-order valence-corrected chi connectivity index (χ3v) is 1.15. The van der Waals surface area contributed by atoms with E-state index in [1.165, 1.54) is 0 Å². The lowest BCUT2D eigenvalue weighted by molar-refractivity contribution is -0.108. The van der Waals surface area contributed by atoms with Crippen molar-refractivity contribution in [1.82, 2.24) is 0 Å². The summed E-state index contributed by atoms with van der Waals surface area (Å²) < 4.78 is 0. The van der Waals surface area contributed by atoms with E-state index >= 15 is 0 Å². The van der Waals surface area contributed by atoms with Crippen LogP contribution >= 0.6 is 11.6 Å². The molecular weight excluding hydrogens is 136 g/mol. The molecule has 0 aromatic heterocycles. The van der Waals surface area contributed by atoms with Crippen LogP contribution < -0.4 is 0 Å². The fourth-order valence-corrected chi connectivity index (χ4v) is 0.369. The molecule has 0 radical (unpaired) electrons. The lowest BCUT2D eigenvalue weighted by Crippen LogP contribution is -1.84. The lowest BCUT2D eigenvalue weighted by atomic mass is 10.3. The minimum atomic E-state index is -0.395. The fourth-order valence-electron chi connectivity index (χ4n) is 0.306. The van der Waals surface area contributed by atoms with E-state index < -0.39 is 5.24 Å². The Morgan fingerprint density at radius 1 is 1.56 bits per heavy atom. The maximum Gasteiger partial charge on any atom is 0.248 e. The number of rotatable bonds is 2. The summed E-state index contributed by atoms with van der Waals surface area (Å²) in [5.41, 5.74) is 0.565. The number of allylic oxidation sites excluding steroid dienone is 4. The SMILES string of the molecule is C/C=C\C=C(/C)C(=O)Cl. The van der Waals surface area contributed by atoms with Crippen molar-refractivity contribution in [2.45, 2.75) is 13.8 Å². The van der Waals surface area contributed by atoms with Gasteiger partial charge in [-0.25, -0.2) is 0 Å². The minimum Gasteiger partial charge on any atom is -0.276 e. The summed E-state index contributed by atoms with van der Waals surface area (Å²) in [6, 6.07) is 0. The van der Waals surface area contributed by atoms with Gasteiger partial charge >= 0.3 is 0 Å². The van der Waals surface area contributed by atoms with Gasteiger partial charge in [-0.1, -0.05) is 18.2 Å². The van der Waals surface area contributed by atoms with Crippen molar-refractivity contribution in [3.63, 3.8) is 0 Å². The fraction of sp³-hybridized carbons (Fsp3) is 0.286. The van der Waals surface area contributed by atoms with E-state index in [2.05, 4.69) is 0 Å². The van der Waals surface area contributed by atoms with E-state index in [-0.39, 0.29) is 0 Å². The van der Waals surface area contributed by atoms with Crippen LogP contribution in [0.15, 0.2) is 23.8 Å². The molecule has 0 heterocycles. The first-order valence-corrected chi connectivity index (χ1v) is 3.05. The first-order valence-electron chi connectivity index (χ1n) is 2.68. The van der Waals surface area contributed by atoms with Crippen LogP contribution in [0.4, 0.5) is 0 Å². The minimum absolute atomic E-state index is 0.395. The number of carbonyl (C=O) groups is 1. The van der Waals surface area contributed by atoms with Gasteiger partial charge in [-0.2, -0.15) is 0 Å². The summed E-state index contributed by atoms with van der Waals surface area (Å²) in [7, 11) is 0. The highest BCUT2D eigenvalue weighted by Gasteiger charge is 1.93. The van der Waals surface area contributed by atoms with E-state index in [4.69, 9.17) is 11.6 Å². The predicted octanol–water partition coefficient (Wildman–Crippen LogP) is 2.27. The topological polar surface area (TPSA) is 17.1 Å². The van der Waals surface area contributed by atoms with Gasteiger partial charge in [0.25, 0.3) is 0 Å².